The second kappa shape index (κ2) is 6.37. The molecule has 0 saturated heterocycles. The average Bonchev–Trinajstić information content (AvgIpc) is 2.96. The summed E-state index contributed by atoms with van der Waals surface area (Å²) in [5.74, 6) is 0.204. The van der Waals surface area contributed by atoms with Crippen LogP contribution in [0, 0.1) is 0 Å². The lowest BCUT2D eigenvalue weighted by molar-refractivity contribution is 0.475. The first-order chi connectivity index (χ1) is 10.6. The van der Waals surface area contributed by atoms with Crippen LogP contribution in [0.3, 0.4) is 0 Å². The predicted octanol–water partition coefficient (Wildman–Crippen LogP) is 3.87. The van der Waals surface area contributed by atoms with Crippen molar-refractivity contribution in [2.75, 3.05) is 0 Å². The Bertz CT molecular complexity index is 775. The zero-order valence-corrected chi connectivity index (χ0v) is 13.3. The molecule has 0 spiro atoms. The minimum atomic E-state index is 0.107. The molecule has 3 rings (SSSR count). The van der Waals surface area contributed by atoms with Crippen molar-refractivity contribution in [2.24, 2.45) is 0 Å². The van der Waals surface area contributed by atoms with Gasteiger partial charge in [-0.3, -0.25) is 0 Å². The van der Waals surface area contributed by atoms with Gasteiger partial charge in [-0.15, -0.1) is 5.10 Å². The van der Waals surface area contributed by atoms with Gasteiger partial charge in [-0.05, 0) is 53.2 Å². The number of aromatic hydroxyl groups is 1. The molecule has 0 unspecified atom stereocenters. The molecular weight excluding hydrogens is 320 g/mol. The van der Waals surface area contributed by atoms with Gasteiger partial charge in [0.05, 0.1) is 5.69 Å². The summed E-state index contributed by atoms with van der Waals surface area (Å²) in [6.07, 6.45) is 0. The fraction of sp³-hybridized carbons (Fsp3) is 0.133. The van der Waals surface area contributed by atoms with E-state index in [1.165, 1.54) is 11.8 Å². The number of benzene rings is 2. The summed E-state index contributed by atoms with van der Waals surface area (Å²) in [5.41, 5.74) is 1.83. The molecule has 0 amide bonds. The number of aromatic nitrogens is 4. The van der Waals surface area contributed by atoms with Gasteiger partial charge in [-0.1, -0.05) is 41.6 Å². The summed E-state index contributed by atoms with van der Waals surface area (Å²) in [4.78, 5) is 0. The second-order valence-electron chi connectivity index (χ2n) is 4.67. The van der Waals surface area contributed by atoms with Crippen LogP contribution < -0.4 is 0 Å². The van der Waals surface area contributed by atoms with Crippen molar-refractivity contribution >= 4 is 23.4 Å². The van der Waals surface area contributed by atoms with E-state index in [1.54, 1.807) is 28.9 Å². The molecule has 1 heterocycles. The van der Waals surface area contributed by atoms with Crippen molar-refractivity contribution in [1.29, 1.82) is 0 Å². The Labute approximate surface area is 136 Å². The smallest absolute Gasteiger partial charge is 0.214 e. The zero-order chi connectivity index (χ0) is 15.5. The number of rotatable bonds is 4. The normalized spacial score (nSPS) is 12.3. The van der Waals surface area contributed by atoms with Crippen LogP contribution >= 0.6 is 23.4 Å². The first-order valence-corrected chi connectivity index (χ1v) is 7.90. The lowest BCUT2D eigenvalue weighted by atomic mass is 10.2. The van der Waals surface area contributed by atoms with Crippen LogP contribution in [0.5, 0.6) is 5.75 Å². The molecule has 5 nitrogen and oxygen atoms in total. The minimum absolute atomic E-state index is 0.107. The maximum atomic E-state index is 9.37. The molecule has 112 valence electrons. The van der Waals surface area contributed by atoms with E-state index >= 15 is 0 Å². The molecule has 1 atom stereocenters. The molecule has 22 heavy (non-hydrogen) atoms. The highest BCUT2D eigenvalue weighted by molar-refractivity contribution is 7.99. The largest absolute Gasteiger partial charge is 0.508 e. The van der Waals surface area contributed by atoms with Crippen LogP contribution in [-0.4, -0.2) is 25.3 Å². The number of tetrazole rings is 1. The number of phenols is 1. The van der Waals surface area contributed by atoms with E-state index in [2.05, 4.69) is 22.4 Å². The maximum Gasteiger partial charge on any atom is 0.214 e. The summed E-state index contributed by atoms with van der Waals surface area (Å²) in [6, 6.07) is 14.5. The van der Waals surface area contributed by atoms with Gasteiger partial charge >= 0.3 is 0 Å². The first-order valence-electron chi connectivity index (χ1n) is 6.64. The van der Waals surface area contributed by atoms with Crippen LogP contribution in [0.1, 0.15) is 17.7 Å². The summed E-state index contributed by atoms with van der Waals surface area (Å²) in [7, 11) is 0. The fourth-order valence-electron chi connectivity index (χ4n) is 2.03. The third kappa shape index (κ3) is 3.08. The quantitative estimate of drug-likeness (QED) is 0.735. The summed E-state index contributed by atoms with van der Waals surface area (Å²) >= 11 is 7.76. The van der Waals surface area contributed by atoms with Gasteiger partial charge in [0, 0.05) is 10.3 Å². The summed E-state index contributed by atoms with van der Waals surface area (Å²) in [5, 5.41) is 22.7. The summed E-state index contributed by atoms with van der Waals surface area (Å²) < 4.78 is 1.64. The molecule has 3 aromatic rings. The molecule has 0 aliphatic rings. The third-order valence-corrected chi connectivity index (χ3v) is 4.58. The third-order valence-electron chi connectivity index (χ3n) is 3.16. The van der Waals surface area contributed by atoms with Crippen LogP contribution in [-0.2, 0) is 0 Å². The van der Waals surface area contributed by atoms with Crippen LogP contribution in [0.25, 0.3) is 5.69 Å². The topological polar surface area (TPSA) is 63.8 Å². The van der Waals surface area contributed by atoms with Gasteiger partial charge in [0.15, 0.2) is 0 Å². The Morgan fingerprint density at radius 1 is 1.14 bits per heavy atom. The van der Waals surface area contributed by atoms with Crippen molar-refractivity contribution in [3.8, 4) is 11.4 Å². The first kappa shape index (κ1) is 14.9. The van der Waals surface area contributed by atoms with Crippen molar-refractivity contribution in [3.63, 3.8) is 0 Å². The van der Waals surface area contributed by atoms with Crippen LogP contribution in [0.2, 0.25) is 5.02 Å². The Morgan fingerprint density at radius 2 is 1.86 bits per heavy atom. The van der Waals surface area contributed by atoms with Gasteiger partial charge in [-0.2, -0.15) is 4.68 Å². The molecule has 7 heteroatoms. The number of hydrogen-bond acceptors (Lipinski definition) is 5. The molecule has 1 aromatic heterocycles. The zero-order valence-electron chi connectivity index (χ0n) is 11.7. The highest BCUT2D eigenvalue weighted by atomic mass is 35.5. The minimum Gasteiger partial charge on any atom is -0.508 e. The average molecular weight is 333 g/mol. The lowest BCUT2D eigenvalue weighted by Gasteiger charge is -2.12. The van der Waals surface area contributed by atoms with Gasteiger partial charge in [0.25, 0.3) is 0 Å². The van der Waals surface area contributed by atoms with Crippen molar-refractivity contribution in [2.45, 2.75) is 17.3 Å². The summed E-state index contributed by atoms with van der Waals surface area (Å²) in [6.45, 7) is 2.06. The molecule has 0 radical (unpaired) electrons. The van der Waals surface area contributed by atoms with E-state index in [1.807, 2.05) is 24.3 Å². The standard InChI is InChI=1S/C15H13ClN4OS/c1-10(13-4-2-3-5-14(13)16)22-15-17-18-19-20(15)11-6-8-12(21)9-7-11/h2-10,21H,1H3/t10-/m0/s1. The van der Waals surface area contributed by atoms with Gasteiger partial charge in [0.2, 0.25) is 5.16 Å². The van der Waals surface area contributed by atoms with Gasteiger partial charge < -0.3 is 5.11 Å². The van der Waals surface area contributed by atoms with Crippen molar-refractivity contribution in [3.05, 3.63) is 59.1 Å². The SMILES string of the molecule is C[C@H](Sc1nnnn1-c1ccc(O)cc1)c1ccccc1Cl. The molecular formula is C15H13ClN4OS. The Kier molecular flexibility index (Phi) is 4.31. The Balaban J connectivity index is 1.86. The molecule has 0 aliphatic heterocycles. The maximum absolute atomic E-state index is 9.37. The predicted molar refractivity (Wildman–Crippen MR) is 86.5 cm³/mol. The number of phenolic OH excluding ortho intramolecular Hbond substituents is 1. The van der Waals surface area contributed by atoms with E-state index in [0.29, 0.717) is 5.16 Å². The fourth-order valence-corrected chi connectivity index (χ4v) is 3.37. The van der Waals surface area contributed by atoms with Crippen molar-refractivity contribution < 1.29 is 5.11 Å². The van der Waals surface area contributed by atoms with E-state index < -0.39 is 0 Å². The molecule has 2 aromatic carbocycles. The van der Waals surface area contributed by atoms with Crippen LogP contribution in [0.15, 0.2) is 53.7 Å². The molecule has 0 saturated carbocycles. The van der Waals surface area contributed by atoms with E-state index in [4.69, 9.17) is 11.6 Å². The lowest BCUT2D eigenvalue weighted by Crippen LogP contribution is -2.00. The van der Waals surface area contributed by atoms with Crippen LogP contribution in [0.4, 0.5) is 0 Å². The van der Waals surface area contributed by atoms with E-state index in [0.717, 1.165) is 16.3 Å². The molecule has 0 bridgehead atoms. The molecule has 0 fully saturated rings. The number of thioether (sulfide) groups is 1. The molecule has 1 N–H and O–H groups in total. The molecule has 0 aliphatic carbocycles. The highest BCUT2D eigenvalue weighted by Gasteiger charge is 2.16. The van der Waals surface area contributed by atoms with Gasteiger partial charge in [-0.25, -0.2) is 0 Å². The van der Waals surface area contributed by atoms with E-state index in [9.17, 15) is 5.11 Å². The number of halogens is 1. The Hall–Kier alpha value is -2.05. The second-order valence-corrected chi connectivity index (χ2v) is 6.39. The van der Waals surface area contributed by atoms with E-state index in [-0.39, 0.29) is 11.0 Å². The number of hydrogen-bond donors (Lipinski definition) is 1. The highest BCUT2D eigenvalue weighted by Crippen LogP contribution is 2.37. The van der Waals surface area contributed by atoms with Gasteiger partial charge in [0.1, 0.15) is 5.75 Å². The van der Waals surface area contributed by atoms with Crippen molar-refractivity contribution in [1.82, 2.24) is 20.2 Å². The monoisotopic (exact) mass is 332 g/mol. The Morgan fingerprint density at radius 3 is 2.59 bits per heavy atom. The number of nitrogens with zero attached hydrogens (tertiary/aromatic N) is 4.